The molecule has 0 heterocycles. The number of nitrogens with one attached hydrogen (secondary N) is 2. The van der Waals surface area contributed by atoms with Crippen molar-refractivity contribution in [3.8, 4) is 0 Å². The lowest BCUT2D eigenvalue weighted by Crippen LogP contribution is -2.46. The maximum atomic E-state index is 12.7. The second-order valence-corrected chi connectivity index (χ2v) is 5.83. The molecule has 0 spiro atoms. The molecule has 0 saturated carbocycles. The first-order chi connectivity index (χ1) is 11.7. The van der Waals surface area contributed by atoms with Crippen LogP contribution in [0.2, 0.25) is 0 Å². The van der Waals surface area contributed by atoms with E-state index in [1.807, 2.05) is 5.32 Å². The van der Waals surface area contributed by atoms with Crippen molar-refractivity contribution < 1.29 is 35.9 Å². The van der Waals surface area contributed by atoms with Crippen molar-refractivity contribution in [3.63, 3.8) is 0 Å². The molecular weight excluding hydrogens is 404 g/mol. The Morgan fingerprint density at radius 3 is 1.81 bits per heavy atom. The fraction of sp³-hybridized carbons (Fsp3) is 0.467. The SMILES string of the molecule is CC(C)[C@H](N)C(=O)NCC(=O)Nc1cc(C(F)(F)F)cc(C(F)(F)F)c1.Cl. The molecule has 1 aromatic rings. The van der Waals surface area contributed by atoms with Crippen LogP contribution >= 0.6 is 12.4 Å². The minimum absolute atomic E-state index is 0. The smallest absolute Gasteiger partial charge is 0.346 e. The third-order valence-electron chi connectivity index (χ3n) is 3.32. The summed E-state index contributed by atoms with van der Waals surface area (Å²) in [4.78, 5) is 23.3. The maximum Gasteiger partial charge on any atom is 0.416 e. The van der Waals surface area contributed by atoms with E-state index < -0.39 is 53.6 Å². The van der Waals surface area contributed by atoms with Crippen LogP contribution in [0.1, 0.15) is 25.0 Å². The monoisotopic (exact) mass is 421 g/mol. The Balaban J connectivity index is 0.00000676. The maximum absolute atomic E-state index is 12.7. The number of carbonyl (C=O) groups is 2. The lowest BCUT2D eigenvalue weighted by atomic mass is 10.1. The van der Waals surface area contributed by atoms with Crippen molar-refractivity contribution in [2.24, 2.45) is 11.7 Å². The summed E-state index contributed by atoms with van der Waals surface area (Å²) in [6.07, 6.45) is -10.1. The quantitative estimate of drug-likeness (QED) is 0.638. The van der Waals surface area contributed by atoms with Gasteiger partial charge in [0, 0.05) is 5.69 Å². The second kappa shape index (κ2) is 9.27. The van der Waals surface area contributed by atoms with E-state index in [0.29, 0.717) is 12.1 Å². The average Bonchev–Trinajstić information content (AvgIpc) is 2.49. The summed E-state index contributed by atoms with van der Waals surface area (Å²) in [5.74, 6) is -1.90. The predicted octanol–water partition coefficient (Wildman–Crippen LogP) is 3.18. The molecule has 1 rings (SSSR count). The number of alkyl halides is 6. The number of amides is 2. The predicted molar refractivity (Wildman–Crippen MR) is 88.1 cm³/mol. The van der Waals surface area contributed by atoms with Gasteiger partial charge in [-0.25, -0.2) is 0 Å². The molecule has 0 aliphatic rings. The van der Waals surface area contributed by atoms with Crippen LogP contribution in [0.3, 0.4) is 0 Å². The number of anilines is 1. The average molecular weight is 422 g/mol. The Labute approximate surface area is 157 Å². The Bertz CT molecular complexity index is 644. The van der Waals surface area contributed by atoms with Gasteiger partial charge in [0.1, 0.15) is 0 Å². The standard InChI is InChI=1S/C15H17F6N3O2.ClH/c1-7(2)12(22)13(26)23-6-11(25)24-10-4-8(14(16,17)18)3-9(5-10)15(19,20)21;/h3-5,7,12H,6,22H2,1-2H3,(H,23,26)(H,24,25);1H/t12-;/m0./s1. The van der Waals surface area contributed by atoms with Gasteiger partial charge in [0.2, 0.25) is 11.8 Å². The minimum atomic E-state index is -5.03. The van der Waals surface area contributed by atoms with Gasteiger partial charge in [0.25, 0.3) is 0 Å². The molecule has 154 valence electrons. The Morgan fingerprint density at radius 1 is 1.00 bits per heavy atom. The number of rotatable bonds is 5. The zero-order valence-electron chi connectivity index (χ0n) is 14.2. The highest BCUT2D eigenvalue weighted by molar-refractivity contribution is 5.95. The Kier molecular flexibility index (Phi) is 8.58. The van der Waals surface area contributed by atoms with Gasteiger partial charge in [-0.3, -0.25) is 9.59 Å². The normalized spacial score (nSPS) is 13.0. The second-order valence-electron chi connectivity index (χ2n) is 5.83. The number of hydrogen-bond donors (Lipinski definition) is 3. The van der Waals surface area contributed by atoms with E-state index in [2.05, 4.69) is 5.32 Å². The first-order valence-corrected chi connectivity index (χ1v) is 7.34. The van der Waals surface area contributed by atoms with Gasteiger partial charge in [-0.2, -0.15) is 26.3 Å². The van der Waals surface area contributed by atoms with Gasteiger partial charge in [-0.05, 0) is 24.1 Å². The van der Waals surface area contributed by atoms with Gasteiger partial charge < -0.3 is 16.4 Å². The molecule has 1 aromatic carbocycles. The fourth-order valence-corrected chi connectivity index (χ4v) is 1.82. The molecule has 0 radical (unpaired) electrons. The summed E-state index contributed by atoms with van der Waals surface area (Å²) in [5.41, 5.74) is 1.72. The number of carbonyl (C=O) groups excluding carboxylic acids is 2. The van der Waals surface area contributed by atoms with E-state index in [9.17, 15) is 35.9 Å². The van der Waals surface area contributed by atoms with Crippen LogP contribution in [-0.4, -0.2) is 24.4 Å². The van der Waals surface area contributed by atoms with Crippen LogP contribution in [0.25, 0.3) is 0 Å². The molecule has 0 bridgehead atoms. The Morgan fingerprint density at radius 2 is 1.44 bits per heavy atom. The summed E-state index contributed by atoms with van der Waals surface area (Å²) in [6.45, 7) is 2.66. The highest BCUT2D eigenvalue weighted by Crippen LogP contribution is 2.37. The lowest BCUT2D eigenvalue weighted by molar-refractivity contribution is -0.143. The molecule has 0 fully saturated rings. The highest BCUT2D eigenvalue weighted by atomic mass is 35.5. The third kappa shape index (κ3) is 7.63. The lowest BCUT2D eigenvalue weighted by Gasteiger charge is -2.16. The zero-order valence-corrected chi connectivity index (χ0v) is 15.0. The van der Waals surface area contributed by atoms with Crippen LogP contribution in [0.15, 0.2) is 18.2 Å². The van der Waals surface area contributed by atoms with Crippen molar-refractivity contribution in [3.05, 3.63) is 29.3 Å². The third-order valence-corrected chi connectivity index (χ3v) is 3.32. The van der Waals surface area contributed by atoms with Gasteiger partial charge in [-0.1, -0.05) is 13.8 Å². The van der Waals surface area contributed by atoms with E-state index in [-0.39, 0.29) is 24.4 Å². The summed E-state index contributed by atoms with van der Waals surface area (Å²) in [6, 6.07) is -0.226. The molecule has 0 aliphatic heterocycles. The van der Waals surface area contributed by atoms with Crippen LogP contribution in [-0.2, 0) is 21.9 Å². The van der Waals surface area contributed by atoms with Crippen LogP contribution in [0.5, 0.6) is 0 Å². The van der Waals surface area contributed by atoms with Crippen molar-refractivity contribution >= 4 is 29.9 Å². The van der Waals surface area contributed by atoms with Crippen LogP contribution in [0, 0.1) is 5.92 Å². The summed E-state index contributed by atoms with van der Waals surface area (Å²) < 4.78 is 76.4. The molecule has 0 saturated heterocycles. The Hall–Kier alpha value is -2.01. The zero-order chi connectivity index (χ0) is 20.3. The largest absolute Gasteiger partial charge is 0.416 e. The van der Waals surface area contributed by atoms with E-state index >= 15 is 0 Å². The van der Waals surface area contributed by atoms with Gasteiger partial charge in [0.05, 0.1) is 23.7 Å². The molecule has 0 aromatic heterocycles. The van der Waals surface area contributed by atoms with E-state index in [4.69, 9.17) is 5.73 Å². The summed E-state index contributed by atoms with van der Waals surface area (Å²) >= 11 is 0. The minimum Gasteiger partial charge on any atom is -0.346 e. The molecule has 0 aliphatic carbocycles. The van der Waals surface area contributed by atoms with Gasteiger partial charge in [0.15, 0.2) is 0 Å². The number of nitrogens with two attached hydrogens (primary N) is 1. The van der Waals surface area contributed by atoms with Crippen molar-refractivity contribution in [2.75, 3.05) is 11.9 Å². The van der Waals surface area contributed by atoms with E-state index in [1.54, 1.807) is 13.8 Å². The van der Waals surface area contributed by atoms with E-state index in [1.165, 1.54) is 0 Å². The molecule has 0 unspecified atom stereocenters. The summed E-state index contributed by atoms with van der Waals surface area (Å²) in [7, 11) is 0. The molecule has 4 N–H and O–H groups in total. The molecule has 5 nitrogen and oxygen atoms in total. The first kappa shape index (κ1) is 25.0. The van der Waals surface area contributed by atoms with E-state index in [0.717, 1.165) is 0 Å². The van der Waals surface area contributed by atoms with Crippen molar-refractivity contribution in [1.82, 2.24) is 5.32 Å². The highest BCUT2D eigenvalue weighted by Gasteiger charge is 2.37. The van der Waals surface area contributed by atoms with Gasteiger partial charge in [-0.15, -0.1) is 12.4 Å². The summed E-state index contributed by atoms with van der Waals surface area (Å²) in [5, 5.41) is 4.05. The number of hydrogen-bond acceptors (Lipinski definition) is 3. The molecular formula is C15H18ClF6N3O2. The topological polar surface area (TPSA) is 84.2 Å². The number of halogens is 7. The van der Waals surface area contributed by atoms with Crippen molar-refractivity contribution in [2.45, 2.75) is 32.2 Å². The van der Waals surface area contributed by atoms with Crippen LogP contribution < -0.4 is 16.4 Å². The first-order valence-electron chi connectivity index (χ1n) is 7.34. The molecule has 27 heavy (non-hydrogen) atoms. The van der Waals surface area contributed by atoms with Crippen LogP contribution in [0.4, 0.5) is 32.0 Å². The molecule has 2 amide bonds. The van der Waals surface area contributed by atoms with Crippen molar-refractivity contribution in [1.29, 1.82) is 0 Å². The molecule has 1 atom stereocenters. The number of benzene rings is 1. The fourth-order valence-electron chi connectivity index (χ4n) is 1.82. The van der Waals surface area contributed by atoms with Gasteiger partial charge >= 0.3 is 12.4 Å². The molecule has 12 heteroatoms.